The number of likely N-dealkylation sites (N-methyl/N-ethyl adjacent to an activating group) is 1. The fourth-order valence-electron chi connectivity index (χ4n) is 4.64. The molecule has 4 amide bonds. The van der Waals surface area contributed by atoms with Gasteiger partial charge < -0.3 is 10.2 Å². The average molecular weight is 484 g/mol. The summed E-state index contributed by atoms with van der Waals surface area (Å²) in [6, 6.07) is 26.2. The number of nitrogens with one attached hydrogen (secondary N) is 1. The molecule has 6 nitrogen and oxygen atoms in total. The highest BCUT2D eigenvalue weighted by Gasteiger charge is 2.49. The minimum absolute atomic E-state index is 0.0283. The Hall–Kier alpha value is -3.93. The Morgan fingerprint density at radius 2 is 1.39 bits per heavy atom. The SMILES string of the molecule is CN(C(=O)CN1C(=O)N[C@@](C)(c2ccc(C(C)(C)C)cc2)C1=O)C(c1ccccc1)c1ccccc1. The summed E-state index contributed by atoms with van der Waals surface area (Å²) in [5.74, 6) is -0.766. The average Bonchev–Trinajstić information content (AvgIpc) is 3.08. The quantitative estimate of drug-likeness (QED) is 0.502. The molecular weight excluding hydrogens is 450 g/mol. The second kappa shape index (κ2) is 9.61. The molecule has 3 aromatic carbocycles. The maximum Gasteiger partial charge on any atom is 0.325 e. The molecule has 0 aliphatic carbocycles. The van der Waals surface area contributed by atoms with Crippen molar-refractivity contribution in [3.8, 4) is 0 Å². The molecule has 186 valence electrons. The maximum absolute atomic E-state index is 13.5. The molecule has 0 saturated carbocycles. The van der Waals surface area contributed by atoms with Crippen LogP contribution in [0.25, 0.3) is 0 Å². The van der Waals surface area contributed by atoms with Gasteiger partial charge in [0.2, 0.25) is 5.91 Å². The van der Waals surface area contributed by atoms with E-state index in [9.17, 15) is 14.4 Å². The molecule has 6 heteroatoms. The smallest absolute Gasteiger partial charge is 0.325 e. The minimum atomic E-state index is -1.23. The zero-order chi connectivity index (χ0) is 26.1. The summed E-state index contributed by atoms with van der Waals surface area (Å²) in [4.78, 5) is 42.4. The third kappa shape index (κ3) is 4.76. The van der Waals surface area contributed by atoms with Gasteiger partial charge in [0.25, 0.3) is 5.91 Å². The number of urea groups is 1. The first-order valence-electron chi connectivity index (χ1n) is 12.1. The van der Waals surface area contributed by atoms with Crippen LogP contribution in [-0.4, -0.2) is 41.2 Å². The second-order valence-corrected chi connectivity index (χ2v) is 10.5. The van der Waals surface area contributed by atoms with E-state index in [4.69, 9.17) is 0 Å². The van der Waals surface area contributed by atoms with Crippen LogP contribution in [0.2, 0.25) is 0 Å². The van der Waals surface area contributed by atoms with Gasteiger partial charge in [-0.2, -0.15) is 0 Å². The molecular formula is C30H33N3O3. The van der Waals surface area contributed by atoms with Gasteiger partial charge in [0.15, 0.2) is 0 Å². The van der Waals surface area contributed by atoms with Crippen LogP contribution in [0.4, 0.5) is 4.79 Å². The van der Waals surface area contributed by atoms with E-state index in [0.717, 1.165) is 21.6 Å². The van der Waals surface area contributed by atoms with E-state index < -0.39 is 17.5 Å². The van der Waals surface area contributed by atoms with E-state index in [2.05, 4.69) is 26.1 Å². The molecule has 36 heavy (non-hydrogen) atoms. The predicted molar refractivity (Wildman–Crippen MR) is 140 cm³/mol. The zero-order valence-electron chi connectivity index (χ0n) is 21.5. The van der Waals surface area contributed by atoms with Gasteiger partial charge in [-0.3, -0.25) is 14.5 Å². The summed E-state index contributed by atoms with van der Waals surface area (Å²) in [5, 5.41) is 2.81. The normalized spacial score (nSPS) is 17.9. The highest BCUT2D eigenvalue weighted by molar-refractivity contribution is 6.09. The van der Waals surface area contributed by atoms with Gasteiger partial charge in [0.1, 0.15) is 12.1 Å². The number of hydrogen-bond acceptors (Lipinski definition) is 3. The number of benzene rings is 3. The summed E-state index contributed by atoms with van der Waals surface area (Å²) in [7, 11) is 1.70. The van der Waals surface area contributed by atoms with Crippen molar-refractivity contribution >= 4 is 17.8 Å². The van der Waals surface area contributed by atoms with E-state index in [1.807, 2.05) is 84.9 Å². The van der Waals surface area contributed by atoms with Crippen molar-refractivity contribution in [1.29, 1.82) is 0 Å². The van der Waals surface area contributed by atoms with Gasteiger partial charge in [-0.1, -0.05) is 106 Å². The van der Waals surface area contributed by atoms with Crippen LogP contribution in [0, 0.1) is 0 Å². The Kier molecular flexibility index (Phi) is 6.72. The summed E-state index contributed by atoms with van der Waals surface area (Å²) >= 11 is 0. The van der Waals surface area contributed by atoms with Gasteiger partial charge >= 0.3 is 6.03 Å². The molecule has 0 bridgehead atoms. The largest absolute Gasteiger partial charge is 0.333 e. The Labute approximate surface area is 212 Å². The summed E-state index contributed by atoms with van der Waals surface area (Å²) in [6.45, 7) is 7.70. The van der Waals surface area contributed by atoms with E-state index in [1.165, 1.54) is 0 Å². The Bertz CT molecular complexity index is 1210. The Morgan fingerprint density at radius 1 is 0.889 bits per heavy atom. The predicted octanol–water partition coefficient (Wildman–Crippen LogP) is 5.00. The van der Waals surface area contributed by atoms with Crippen molar-refractivity contribution in [1.82, 2.24) is 15.1 Å². The highest BCUT2D eigenvalue weighted by Crippen LogP contribution is 2.32. The Morgan fingerprint density at radius 3 is 1.86 bits per heavy atom. The maximum atomic E-state index is 13.5. The molecule has 0 spiro atoms. The van der Waals surface area contributed by atoms with Crippen LogP contribution in [0.15, 0.2) is 84.9 Å². The number of carbonyl (C=O) groups excluding carboxylic acids is 3. The number of amides is 4. The zero-order valence-corrected chi connectivity index (χ0v) is 21.5. The van der Waals surface area contributed by atoms with Gasteiger partial charge in [0, 0.05) is 7.05 Å². The molecule has 4 rings (SSSR count). The molecule has 1 atom stereocenters. The minimum Gasteiger partial charge on any atom is -0.333 e. The van der Waals surface area contributed by atoms with Gasteiger partial charge in [-0.25, -0.2) is 4.79 Å². The molecule has 1 heterocycles. The van der Waals surface area contributed by atoms with Crippen LogP contribution in [-0.2, 0) is 20.5 Å². The highest BCUT2D eigenvalue weighted by atomic mass is 16.2. The molecule has 1 N–H and O–H groups in total. The standard InChI is InChI=1S/C30H33N3O3/c1-29(2,3)23-16-18-24(19-17-23)30(4)27(35)33(28(36)31-30)20-25(34)32(5)26(21-12-8-6-9-13-21)22-14-10-7-11-15-22/h6-19,26H,20H2,1-5H3,(H,31,36)/t30-/m0/s1. The molecule has 3 aromatic rings. The van der Waals surface area contributed by atoms with Crippen molar-refractivity contribution in [2.75, 3.05) is 13.6 Å². The first kappa shape index (κ1) is 25.2. The molecule has 0 unspecified atom stereocenters. The lowest BCUT2D eigenvalue weighted by Gasteiger charge is -2.30. The topological polar surface area (TPSA) is 69.7 Å². The number of imide groups is 1. The third-order valence-corrected chi connectivity index (χ3v) is 6.91. The fraction of sp³-hybridized carbons (Fsp3) is 0.300. The number of nitrogens with zero attached hydrogens (tertiary/aromatic N) is 2. The lowest BCUT2D eigenvalue weighted by molar-refractivity contribution is -0.139. The van der Waals surface area contributed by atoms with Gasteiger partial charge in [-0.05, 0) is 34.6 Å². The number of hydrogen-bond donors (Lipinski definition) is 1. The van der Waals surface area contributed by atoms with E-state index >= 15 is 0 Å². The molecule has 1 saturated heterocycles. The lowest BCUT2D eigenvalue weighted by Crippen LogP contribution is -2.44. The Balaban J connectivity index is 1.56. The van der Waals surface area contributed by atoms with Crippen molar-refractivity contribution in [3.05, 3.63) is 107 Å². The van der Waals surface area contributed by atoms with Crippen LogP contribution in [0.3, 0.4) is 0 Å². The van der Waals surface area contributed by atoms with Gasteiger partial charge in [0.05, 0.1) is 6.04 Å². The fourth-order valence-corrected chi connectivity index (χ4v) is 4.64. The number of rotatable bonds is 6. The first-order valence-corrected chi connectivity index (χ1v) is 12.1. The second-order valence-electron chi connectivity index (χ2n) is 10.5. The third-order valence-electron chi connectivity index (χ3n) is 6.91. The van der Waals surface area contributed by atoms with E-state index in [0.29, 0.717) is 5.56 Å². The summed E-state index contributed by atoms with van der Waals surface area (Å²) in [6.07, 6.45) is 0. The molecule has 0 aromatic heterocycles. The van der Waals surface area contributed by atoms with Crippen molar-refractivity contribution in [2.24, 2.45) is 0 Å². The molecule has 1 fully saturated rings. The lowest BCUT2D eigenvalue weighted by atomic mass is 9.84. The monoisotopic (exact) mass is 483 g/mol. The number of carbonyl (C=O) groups is 3. The summed E-state index contributed by atoms with van der Waals surface area (Å²) < 4.78 is 0. The molecule has 1 aliphatic heterocycles. The van der Waals surface area contributed by atoms with Crippen LogP contribution >= 0.6 is 0 Å². The van der Waals surface area contributed by atoms with Crippen LogP contribution in [0.1, 0.15) is 56.0 Å². The summed E-state index contributed by atoms with van der Waals surface area (Å²) in [5.41, 5.74) is 2.45. The van der Waals surface area contributed by atoms with Crippen molar-refractivity contribution in [3.63, 3.8) is 0 Å². The molecule has 1 aliphatic rings. The van der Waals surface area contributed by atoms with E-state index in [-0.39, 0.29) is 23.9 Å². The first-order chi connectivity index (χ1) is 17.0. The molecule has 0 radical (unpaired) electrons. The van der Waals surface area contributed by atoms with Crippen LogP contribution < -0.4 is 5.32 Å². The van der Waals surface area contributed by atoms with Crippen molar-refractivity contribution < 1.29 is 14.4 Å². The van der Waals surface area contributed by atoms with Crippen LogP contribution in [0.5, 0.6) is 0 Å². The van der Waals surface area contributed by atoms with Gasteiger partial charge in [-0.15, -0.1) is 0 Å². The van der Waals surface area contributed by atoms with Crippen molar-refractivity contribution in [2.45, 2.75) is 44.7 Å². The van der Waals surface area contributed by atoms with E-state index in [1.54, 1.807) is 18.9 Å².